The molecule has 6 nitrogen and oxygen atoms in total. The number of hydrogen-bond donors (Lipinski definition) is 1. The normalized spacial score (nSPS) is 12.7. The van der Waals surface area contributed by atoms with Gasteiger partial charge in [0.05, 0.1) is 25.5 Å². The molecule has 0 aliphatic heterocycles. The van der Waals surface area contributed by atoms with Crippen molar-refractivity contribution in [1.82, 2.24) is 14.8 Å². The first-order chi connectivity index (χ1) is 12.7. The maximum Gasteiger partial charge on any atom is 0.261 e. The summed E-state index contributed by atoms with van der Waals surface area (Å²) < 4.78 is 7.12. The zero-order chi connectivity index (χ0) is 17.9. The highest BCUT2D eigenvalue weighted by molar-refractivity contribution is 6.05. The molecule has 1 aliphatic carbocycles. The second-order valence-corrected chi connectivity index (χ2v) is 6.37. The van der Waals surface area contributed by atoms with Crippen LogP contribution in [0.5, 0.6) is 5.88 Å². The van der Waals surface area contributed by atoms with Gasteiger partial charge in [-0.25, -0.2) is 4.98 Å². The zero-order valence-electron chi connectivity index (χ0n) is 14.6. The van der Waals surface area contributed by atoms with E-state index in [2.05, 4.69) is 15.4 Å². The second-order valence-electron chi connectivity index (χ2n) is 6.37. The molecular formula is C20H20N4O2. The van der Waals surface area contributed by atoms with Crippen LogP contribution in [0.4, 0.5) is 5.69 Å². The fourth-order valence-electron chi connectivity index (χ4n) is 3.25. The summed E-state index contributed by atoms with van der Waals surface area (Å²) in [5.41, 5.74) is 4.43. The van der Waals surface area contributed by atoms with Gasteiger partial charge in [0, 0.05) is 11.9 Å². The number of carbonyl (C=O) groups is 1. The lowest BCUT2D eigenvalue weighted by atomic mass is 10.1. The maximum absolute atomic E-state index is 12.7. The number of methoxy groups -OCH3 is 1. The molecule has 1 aliphatic rings. The fourth-order valence-corrected chi connectivity index (χ4v) is 3.25. The van der Waals surface area contributed by atoms with Crippen molar-refractivity contribution in [2.75, 3.05) is 12.4 Å². The summed E-state index contributed by atoms with van der Waals surface area (Å²) in [4.78, 5) is 17.2. The van der Waals surface area contributed by atoms with Crippen LogP contribution in [0.25, 0.3) is 0 Å². The number of aryl methyl sites for hydroxylation is 2. The first kappa shape index (κ1) is 16.3. The molecule has 0 spiro atoms. The molecule has 0 atom stereocenters. The number of amides is 1. The number of benzene rings is 1. The number of ether oxygens (including phenoxy) is 1. The number of nitrogens with zero attached hydrogens (tertiary/aromatic N) is 3. The molecule has 1 amide bonds. The number of rotatable bonds is 5. The minimum Gasteiger partial charge on any atom is -0.480 e. The predicted octanol–water partition coefficient (Wildman–Crippen LogP) is 3.08. The summed E-state index contributed by atoms with van der Waals surface area (Å²) in [6, 6.07) is 12.0. The van der Waals surface area contributed by atoms with E-state index >= 15 is 0 Å². The van der Waals surface area contributed by atoms with Gasteiger partial charge in [0.25, 0.3) is 5.91 Å². The Morgan fingerprint density at radius 3 is 2.92 bits per heavy atom. The van der Waals surface area contributed by atoms with Crippen LogP contribution >= 0.6 is 0 Å². The Hall–Kier alpha value is -3.15. The fraction of sp³-hybridized carbons (Fsp3) is 0.250. The largest absolute Gasteiger partial charge is 0.480 e. The second kappa shape index (κ2) is 7.00. The highest BCUT2D eigenvalue weighted by Crippen LogP contribution is 2.27. The molecule has 0 radical (unpaired) electrons. The van der Waals surface area contributed by atoms with E-state index in [4.69, 9.17) is 4.74 Å². The van der Waals surface area contributed by atoms with Crippen molar-refractivity contribution >= 4 is 11.6 Å². The van der Waals surface area contributed by atoms with Crippen LogP contribution in [0.2, 0.25) is 0 Å². The summed E-state index contributed by atoms with van der Waals surface area (Å²) in [5.74, 6) is 0.142. The molecule has 0 saturated carbocycles. The molecule has 132 valence electrons. The van der Waals surface area contributed by atoms with Crippen LogP contribution in [-0.4, -0.2) is 27.8 Å². The Morgan fingerprint density at radius 2 is 2.12 bits per heavy atom. The van der Waals surface area contributed by atoms with Crippen molar-refractivity contribution in [2.45, 2.75) is 25.8 Å². The highest BCUT2D eigenvalue weighted by Gasteiger charge is 2.21. The zero-order valence-corrected chi connectivity index (χ0v) is 14.6. The average Bonchev–Trinajstić information content (AvgIpc) is 3.30. The summed E-state index contributed by atoms with van der Waals surface area (Å²) in [6.07, 6.45) is 6.44. The van der Waals surface area contributed by atoms with Crippen LogP contribution in [0, 0.1) is 0 Å². The predicted molar refractivity (Wildman–Crippen MR) is 98.5 cm³/mol. The smallest absolute Gasteiger partial charge is 0.261 e. The molecule has 3 aromatic rings. The number of pyridine rings is 1. The van der Waals surface area contributed by atoms with Crippen molar-refractivity contribution < 1.29 is 9.53 Å². The summed E-state index contributed by atoms with van der Waals surface area (Å²) >= 11 is 0. The number of aromatic nitrogens is 3. The quantitative estimate of drug-likeness (QED) is 0.769. The molecule has 2 heterocycles. The van der Waals surface area contributed by atoms with Crippen LogP contribution in [0.3, 0.4) is 0 Å². The van der Waals surface area contributed by atoms with Gasteiger partial charge in [0.1, 0.15) is 5.56 Å². The maximum atomic E-state index is 12.7. The third-order valence-corrected chi connectivity index (χ3v) is 4.53. The summed E-state index contributed by atoms with van der Waals surface area (Å²) in [6.45, 7) is 0.653. The van der Waals surface area contributed by atoms with Gasteiger partial charge in [-0.2, -0.15) is 5.10 Å². The first-order valence-electron chi connectivity index (χ1n) is 8.67. The summed E-state index contributed by atoms with van der Waals surface area (Å²) in [7, 11) is 1.54. The van der Waals surface area contributed by atoms with Gasteiger partial charge >= 0.3 is 0 Å². The Kier molecular flexibility index (Phi) is 4.39. The number of hydrogen-bond acceptors (Lipinski definition) is 4. The lowest BCUT2D eigenvalue weighted by molar-refractivity contribution is 0.102. The lowest BCUT2D eigenvalue weighted by Crippen LogP contribution is -2.14. The molecule has 6 heteroatoms. The molecule has 1 aromatic carbocycles. The molecule has 2 aromatic heterocycles. The molecule has 4 rings (SSSR count). The van der Waals surface area contributed by atoms with Crippen LogP contribution in [-0.2, 0) is 19.4 Å². The van der Waals surface area contributed by atoms with E-state index < -0.39 is 0 Å². The van der Waals surface area contributed by atoms with Crippen molar-refractivity contribution in [3.8, 4) is 5.88 Å². The van der Waals surface area contributed by atoms with Gasteiger partial charge < -0.3 is 10.1 Å². The molecule has 0 saturated heterocycles. The van der Waals surface area contributed by atoms with E-state index in [0.29, 0.717) is 23.7 Å². The molecule has 1 N–H and O–H groups in total. The molecule has 0 fully saturated rings. The third-order valence-electron chi connectivity index (χ3n) is 4.53. The number of nitrogens with one attached hydrogen (secondary N) is 1. The van der Waals surface area contributed by atoms with Gasteiger partial charge in [-0.15, -0.1) is 0 Å². The van der Waals surface area contributed by atoms with Crippen LogP contribution < -0.4 is 10.1 Å². The number of carbonyl (C=O) groups excluding carboxylic acids is 1. The third kappa shape index (κ3) is 3.31. The number of fused-ring (bicyclic) bond motifs is 1. The van der Waals surface area contributed by atoms with Crippen LogP contribution in [0.1, 0.15) is 33.6 Å². The highest BCUT2D eigenvalue weighted by atomic mass is 16.5. The standard InChI is InChI=1S/C20H20N4O2/c1-26-20-17(10-15-8-5-9-18(15)23-20)19(25)22-16-11-21-24(13-16)12-14-6-3-2-4-7-14/h2-4,6-7,10-11,13H,5,8-9,12H2,1H3,(H,22,25). The summed E-state index contributed by atoms with van der Waals surface area (Å²) in [5, 5.41) is 7.20. The average molecular weight is 348 g/mol. The van der Waals surface area contributed by atoms with Gasteiger partial charge in [-0.05, 0) is 36.5 Å². The topological polar surface area (TPSA) is 69.0 Å². The van der Waals surface area contributed by atoms with E-state index in [1.807, 2.05) is 42.6 Å². The SMILES string of the molecule is COc1nc2c(cc1C(=O)Nc1cnn(Cc3ccccc3)c1)CCC2. The van der Waals surface area contributed by atoms with Crippen LogP contribution in [0.15, 0.2) is 48.8 Å². The Labute approximate surface area is 151 Å². The van der Waals surface area contributed by atoms with Crippen molar-refractivity contribution in [3.05, 3.63) is 71.2 Å². The van der Waals surface area contributed by atoms with Gasteiger partial charge in [0.15, 0.2) is 0 Å². The van der Waals surface area contributed by atoms with E-state index in [0.717, 1.165) is 36.1 Å². The Morgan fingerprint density at radius 1 is 1.27 bits per heavy atom. The first-order valence-corrected chi connectivity index (χ1v) is 8.67. The monoisotopic (exact) mass is 348 g/mol. The Balaban J connectivity index is 1.50. The minimum atomic E-state index is -0.233. The van der Waals surface area contributed by atoms with E-state index in [1.165, 1.54) is 0 Å². The van der Waals surface area contributed by atoms with E-state index in [-0.39, 0.29) is 5.91 Å². The van der Waals surface area contributed by atoms with E-state index in [1.54, 1.807) is 18.0 Å². The van der Waals surface area contributed by atoms with Gasteiger partial charge in [-0.3, -0.25) is 9.48 Å². The Bertz CT molecular complexity index is 934. The molecule has 0 unspecified atom stereocenters. The van der Waals surface area contributed by atoms with Crippen molar-refractivity contribution in [2.24, 2.45) is 0 Å². The van der Waals surface area contributed by atoms with E-state index in [9.17, 15) is 4.79 Å². The number of anilines is 1. The van der Waals surface area contributed by atoms with Gasteiger partial charge in [-0.1, -0.05) is 30.3 Å². The van der Waals surface area contributed by atoms with Crippen molar-refractivity contribution in [3.63, 3.8) is 0 Å². The molecule has 26 heavy (non-hydrogen) atoms. The molecular weight excluding hydrogens is 328 g/mol. The minimum absolute atomic E-state index is 0.233. The van der Waals surface area contributed by atoms with Gasteiger partial charge in [0.2, 0.25) is 5.88 Å². The lowest BCUT2D eigenvalue weighted by Gasteiger charge is -2.10. The molecule has 0 bridgehead atoms. The van der Waals surface area contributed by atoms with Crippen molar-refractivity contribution in [1.29, 1.82) is 0 Å².